The Bertz CT molecular complexity index is 416. The minimum atomic E-state index is -0.542. The lowest BCUT2D eigenvalue weighted by Crippen LogP contribution is -2.40. The fourth-order valence-electron chi connectivity index (χ4n) is 2.32. The number of nitrogens with zero attached hydrogens (tertiary/aromatic N) is 1. The van der Waals surface area contributed by atoms with Crippen LogP contribution in [-0.2, 0) is 9.53 Å². The summed E-state index contributed by atoms with van der Waals surface area (Å²) in [4.78, 5) is 36.1. The van der Waals surface area contributed by atoms with E-state index in [1.54, 1.807) is 4.90 Å². The van der Waals surface area contributed by atoms with Crippen molar-refractivity contribution in [1.82, 2.24) is 15.5 Å². The van der Waals surface area contributed by atoms with E-state index in [2.05, 4.69) is 10.6 Å². The van der Waals surface area contributed by atoms with Crippen LogP contribution in [0.15, 0.2) is 0 Å². The first-order valence-electron chi connectivity index (χ1n) is 6.35. The van der Waals surface area contributed by atoms with Gasteiger partial charge in [-0.1, -0.05) is 0 Å². The van der Waals surface area contributed by atoms with E-state index in [0.29, 0.717) is 19.5 Å². The molecule has 0 saturated carbocycles. The number of hydrogen-bond acceptors (Lipinski definition) is 4. The van der Waals surface area contributed by atoms with E-state index in [9.17, 15) is 14.4 Å². The van der Waals surface area contributed by atoms with Crippen molar-refractivity contribution < 1.29 is 19.1 Å². The molecule has 0 aromatic rings. The number of amides is 4. The topological polar surface area (TPSA) is 87.7 Å². The van der Waals surface area contributed by atoms with Crippen LogP contribution in [0.3, 0.4) is 0 Å². The third kappa shape index (κ3) is 3.15. The molecule has 0 aromatic heterocycles. The Balaban J connectivity index is 1.91. The first-order valence-corrected chi connectivity index (χ1v) is 6.35. The molecule has 2 atom stereocenters. The number of urea groups is 1. The van der Waals surface area contributed by atoms with E-state index in [1.807, 2.05) is 20.8 Å². The molecule has 2 aliphatic rings. The van der Waals surface area contributed by atoms with Gasteiger partial charge >= 0.3 is 12.1 Å². The van der Waals surface area contributed by atoms with Gasteiger partial charge in [-0.2, -0.15) is 0 Å². The summed E-state index contributed by atoms with van der Waals surface area (Å²) < 4.78 is 5.28. The van der Waals surface area contributed by atoms with E-state index in [4.69, 9.17) is 4.74 Å². The molecule has 2 aliphatic heterocycles. The molecule has 0 aliphatic carbocycles. The molecule has 7 nitrogen and oxygen atoms in total. The van der Waals surface area contributed by atoms with Gasteiger partial charge in [0.15, 0.2) is 0 Å². The number of hydrogen-bond donors (Lipinski definition) is 2. The average molecular weight is 269 g/mol. The predicted molar refractivity (Wildman–Crippen MR) is 66.4 cm³/mol. The molecular weight excluding hydrogens is 250 g/mol. The molecule has 0 spiro atoms. The van der Waals surface area contributed by atoms with Gasteiger partial charge in [0, 0.05) is 19.0 Å². The number of nitrogens with one attached hydrogen (secondary N) is 2. The molecule has 2 fully saturated rings. The quantitative estimate of drug-likeness (QED) is 0.677. The number of ether oxygens (including phenoxy) is 1. The van der Waals surface area contributed by atoms with Crippen LogP contribution in [0.4, 0.5) is 9.59 Å². The Labute approximate surface area is 111 Å². The van der Waals surface area contributed by atoms with Crippen LogP contribution in [0.1, 0.15) is 27.2 Å². The largest absolute Gasteiger partial charge is 0.444 e. The van der Waals surface area contributed by atoms with Crippen LogP contribution in [0.25, 0.3) is 0 Å². The molecule has 0 bridgehead atoms. The first-order chi connectivity index (χ1) is 8.76. The Kier molecular flexibility index (Phi) is 3.38. The summed E-state index contributed by atoms with van der Waals surface area (Å²) in [5.74, 6) is -0.375. The summed E-state index contributed by atoms with van der Waals surface area (Å²) in [6.07, 6.45) is 0.303. The van der Waals surface area contributed by atoms with Crippen LogP contribution in [0.2, 0.25) is 0 Å². The lowest BCUT2D eigenvalue weighted by molar-refractivity contribution is -0.121. The maximum Gasteiger partial charge on any atom is 0.410 e. The zero-order valence-corrected chi connectivity index (χ0v) is 11.4. The SMILES string of the molecule is CC(C)(C)OC(=O)N1CCC(C2NC(=O)NC2=O)C1. The monoisotopic (exact) mass is 269 g/mol. The van der Waals surface area contributed by atoms with E-state index in [1.165, 1.54) is 0 Å². The van der Waals surface area contributed by atoms with Gasteiger partial charge in [-0.3, -0.25) is 10.1 Å². The Morgan fingerprint density at radius 1 is 1.37 bits per heavy atom. The van der Waals surface area contributed by atoms with Gasteiger partial charge < -0.3 is 15.0 Å². The zero-order valence-electron chi connectivity index (χ0n) is 11.4. The Morgan fingerprint density at radius 3 is 2.58 bits per heavy atom. The van der Waals surface area contributed by atoms with Gasteiger partial charge in [0.2, 0.25) is 0 Å². The molecule has 2 N–H and O–H groups in total. The summed E-state index contributed by atoms with van der Waals surface area (Å²) in [5.41, 5.74) is -0.534. The van der Waals surface area contributed by atoms with Crippen LogP contribution in [0, 0.1) is 5.92 Å². The number of carbonyl (C=O) groups excluding carboxylic acids is 3. The molecule has 106 valence electrons. The average Bonchev–Trinajstić information content (AvgIpc) is 2.82. The van der Waals surface area contributed by atoms with Crippen LogP contribution >= 0.6 is 0 Å². The second-order valence-corrected chi connectivity index (χ2v) is 5.92. The van der Waals surface area contributed by atoms with Crippen LogP contribution in [-0.4, -0.2) is 47.7 Å². The maximum atomic E-state index is 11.9. The maximum absolute atomic E-state index is 11.9. The smallest absolute Gasteiger partial charge is 0.410 e. The third-order valence-corrected chi connectivity index (χ3v) is 3.15. The number of imide groups is 1. The highest BCUT2D eigenvalue weighted by Crippen LogP contribution is 2.23. The first kappa shape index (κ1) is 13.6. The summed E-state index contributed by atoms with van der Waals surface area (Å²) in [6.45, 7) is 6.39. The van der Waals surface area contributed by atoms with Gasteiger partial charge in [-0.05, 0) is 27.2 Å². The van der Waals surface area contributed by atoms with Gasteiger partial charge in [0.25, 0.3) is 5.91 Å². The Hall–Kier alpha value is -1.79. The molecule has 2 unspecified atom stereocenters. The van der Waals surface area contributed by atoms with E-state index < -0.39 is 17.7 Å². The molecule has 2 heterocycles. The van der Waals surface area contributed by atoms with Gasteiger partial charge in [0.1, 0.15) is 11.6 Å². The number of rotatable bonds is 1. The van der Waals surface area contributed by atoms with Crippen LogP contribution in [0.5, 0.6) is 0 Å². The second-order valence-electron chi connectivity index (χ2n) is 5.92. The normalized spacial score (nSPS) is 27.2. The molecule has 19 heavy (non-hydrogen) atoms. The minimum Gasteiger partial charge on any atom is -0.444 e. The Morgan fingerprint density at radius 2 is 2.05 bits per heavy atom. The third-order valence-electron chi connectivity index (χ3n) is 3.15. The molecule has 2 saturated heterocycles. The highest BCUT2D eigenvalue weighted by atomic mass is 16.6. The second kappa shape index (κ2) is 4.71. The fourth-order valence-corrected chi connectivity index (χ4v) is 2.32. The molecule has 4 amide bonds. The molecule has 0 radical (unpaired) electrons. The standard InChI is InChI=1S/C12H19N3O4/c1-12(2,3)19-11(18)15-5-4-7(6-15)8-9(16)14-10(17)13-8/h7-8H,4-6H2,1-3H3,(H2,13,14,16,17). The van der Waals surface area contributed by atoms with Crippen molar-refractivity contribution in [2.24, 2.45) is 5.92 Å². The van der Waals surface area contributed by atoms with Crippen molar-refractivity contribution in [2.45, 2.75) is 38.8 Å². The van der Waals surface area contributed by atoms with E-state index in [0.717, 1.165) is 0 Å². The van der Waals surface area contributed by atoms with Crippen molar-refractivity contribution in [3.8, 4) is 0 Å². The lowest BCUT2D eigenvalue weighted by Gasteiger charge is -2.24. The summed E-state index contributed by atoms with van der Waals surface area (Å²) in [5, 5.41) is 4.78. The van der Waals surface area contributed by atoms with Gasteiger partial charge in [0.05, 0.1) is 0 Å². The predicted octanol–water partition coefficient (Wildman–Crippen LogP) is 0.451. The van der Waals surface area contributed by atoms with E-state index >= 15 is 0 Å². The van der Waals surface area contributed by atoms with Gasteiger partial charge in [-0.25, -0.2) is 9.59 Å². The molecular formula is C12H19N3O4. The van der Waals surface area contributed by atoms with Crippen LogP contribution < -0.4 is 10.6 Å². The summed E-state index contributed by atoms with van der Waals surface area (Å²) >= 11 is 0. The van der Waals surface area contributed by atoms with Crippen molar-refractivity contribution in [3.05, 3.63) is 0 Å². The highest BCUT2D eigenvalue weighted by Gasteiger charge is 2.41. The van der Waals surface area contributed by atoms with E-state index in [-0.39, 0.29) is 17.9 Å². The fraction of sp³-hybridized carbons (Fsp3) is 0.750. The number of carbonyl (C=O) groups is 3. The zero-order chi connectivity index (χ0) is 14.2. The van der Waals surface area contributed by atoms with Crippen molar-refractivity contribution >= 4 is 18.0 Å². The highest BCUT2D eigenvalue weighted by molar-refractivity contribution is 6.04. The summed E-state index contributed by atoms with van der Waals surface area (Å²) in [6, 6.07) is -1.01. The molecule has 2 rings (SSSR count). The van der Waals surface area contributed by atoms with Crippen molar-refractivity contribution in [2.75, 3.05) is 13.1 Å². The lowest BCUT2D eigenvalue weighted by atomic mass is 9.99. The number of likely N-dealkylation sites (tertiary alicyclic amines) is 1. The van der Waals surface area contributed by atoms with Crippen molar-refractivity contribution in [3.63, 3.8) is 0 Å². The molecule has 7 heteroatoms. The van der Waals surface area contributed by atoms with Gasteiger partial charge in [-0.15, -0.1) is 0 Å². The van der Waals surface area contributed by atoms with Crippen molar-refractivity contribution in [1.29, 1.82) is 0 Å². The summed E-state index contributed by atoms with van der Waals surface area (Å²) in [7, 11) is 0. The minimum absolute atomic E-state index is 0.0565. The molecule has 0 aromatic carbocycles.